The minimum atomic E-state index is -0.289. The van der Waals surface area contributed by atoms with Crippen molar-refractivity contribution in [2.24, 2.45) is 5.92 Å². The molecule has 124 valence electrons. The zero-order valence-corrected chi connectivity index (χ0v) is 14.0. The monoisotopic (exact) mass is 342 g/mol. The molecule has 5 heteroatoms. The molecule has 2 aromatic rings. The quantitative estimate of drug-likeness (QED) is 0.908. The number of para-hydroxylation sites is 1. The van der Waals surface area contributed by atoms with Gasteiger partial charge < -0.3 is 10.2 Å². The Morgan fingerprint density at radius 3 is 2.54 bits per heavy atom. The van der Waals surface area contributed by atoms with E-state index in [1.807, 2.05) is 54.6 Å². The molecule has 1 N–H and O–H groups in total. The van der Waals surface area contributed by atoms with Gasteiger partial charge in [0.15, 0.2) is 0 Å². The highest BCUT2D eigenvalue weighted by atomic mass is 35.5. The summed E-state index contributed by atoms with van der Waals surface area (Å²) in [5.74, 6) is -0.349. The molecule has 0 bridgehead atoms. The molecule has 1 aliphatic rings. The lowest BCUT2D eigenvalue weighted by Gasteiger charge is -2.16. The topological polar surface area (TPSA) is 49.4 Å². The molecule has 1 fully saturated rings. The van der Waals surface area contributed by atoms with Crippen LogP contribution in [0.25, 0.3) is 0 Å². The van der Waals surface area contributed by atoms with Gasteiger partial charge in [-0.05, 0) is 36.2 Å². The number of anilines is 1. The van der Waals surface area contributed by atoms with Crippen LogP contribution in [0.4, 0.5) is 5.69 Å². The summed E-state index contributed by atoms with van der Waals surface area (Å²) < 4.78 is 0. The van der Waals surface area contributed by atoms with E-state index in [0.717, 1.165) is 17.7 Å². The predicted molar refractivity (Wildman–Crippen MR) is 95.1 cm³/mol. The first-order chi connectivity index (χ1) is 11.6. The van der Waals surface area contributed by atoms with Crippen molar-refractivity contribution >= 4 is 29.1 Å². The molecule has 0 aliphatic carbocycles. The first kappa shape index (κ1) is 16.5. The number of rotatable bonds is 5. The summed E-state index contributed by atoms with van der Waals surface area (Å²) in [4.78, 5) is 26.1. The van der Waals surface area contributed by atoms with E-state index in [4.69, 9.17) is 11.6 Å². The molecular weight excluding hydrogens is 324 g/mol. The second-order valence-corrected chi connectivity index (χ2v) is 6.34. The summed E-state index contributed by atoms with van der Waals surface area (Å²) >= 11 is 5.85. The second kappa shape index (κ2) is 7.49. The molecule has 1 aliphatic heterocycles. The summed E-state index contributed by atoms with van der Waals surface area (Å²) in [7, 11) is 0. The van der Waals surface area contributed by atoms with E-state index in [1.54, 1.807) is 4.90 Å². The van der Waals surface area contributed by atoms with Gasteiger partial charge in [-0.1, -0.05) is 41.9 Å². The Balaban J connectivity index is 1.51. The molecule has 2 amide bonds. The Kier molecular flexibility index (Phi) is 5.16. The Hall–Kier alpha value is -2.33. The standard InChI is InChI=1S/C19H19ClN2O2/c20-16-8-6-14(7-9-16)10-11-21-19(24)15-12-18(23)22(13-15)17-4-2-1-3-5-17/h1-9,15H,10-13H2,(H,21,24). The SMILES string of the molecule is O=C(NCCc1ccc(Cl)cc1)C1CC(=O)N(c2ccccc2)C1. The van der Waals surface area contributed by atoms with Crippen LogP contribution in [0.5, 0.6) is 0 Å². The third-order valence-electron chi connectivity index (χ3n) is 4.19. The van der Waals surface area contributed by atoms with Crippen molar-refractivity contribution in [3.05, 3.63) is 65.2 Å². The second-order valence-electron chi connectivity index (χ2n) is 5.91. The van der Waals surface area contributed by atoms with Crippen molar-refractivity contribution in [3.63, 3.8) is 0 Å². The van der Waals surface area contributed by atoms with E-state index in [-0.39, 0.29) is 24.2 Å². The number of nitrogens with zero attached hydrogens (tertiary/aromatic N) is 1. The Labute approximate surface area is 146 Å². The summed E-state index contributed by atoms with van der Waals surface area (Å²) in [6, 6.07) is 17.0. The highest BCUT2D eigenvalue weighted by Crippen LogP contribution is 2.24. The lowest BCUT2D eigenvalue weighted by atomic mass is 10.1. The zero-order valence-electron chi connectivity index (χ0n) is 13.2. The molecule has 1 saturated heterocycles. The van der Waals surface area contributed by atoms with Crippen molar-refractivity contribution in [3.8, 4) is 0 Å². The number of hydrogen-bond donors (Lipinski definition) is 1. The first-order valence-electron chi connectivity index (χ1n) is 8.01. The third-order valence-corrected chi connectivity index (χ3v) is 4.44. The van der Waals surface area contributed by atoms with Crippen LogP contribution >= 0.6 is 11.6 Å². The van der Waals surface area contributed by atoms with Gasteiger partial charge in [-0.15, -0.1) is 0 Å². The lowest BCUT2D eigenvalue weighted by Crippen LogP contribution is -2.34. The highest BCUT2D eigenvalue weighted by Gasteiger charge is 2.34. The van der Waals surface area contributed by atoms with Gasteiger partial charge in [0.25, 0.3) is 0 Å². The number of amides is 2. The molecule has 24 heavy (non-hydrogen) atoms. The Bertz CT molecular complexity index is 716. The lowest BCUT2D eigenvalue weighted by molar-refractivity contribution is -0.126. The van der Waals surface area contributed by atoms with Crippen LogP contribution in [0.3, 0.4) is 0 Å². The molecule has 1 heterocycles. The minimum absolute atomic E-state index is 0.000878. The van der Waals surface area contributed by atoms with Gasteiger partial charge in [0, 0.05) is 30.2 Å². The predicted octanol–water partition coefficient (Wildman–Crippen LogP) is 3.05. The van der Waals surface area contributed by atoms with Crippen molar-refractivity contribution in [1.82, 2.24) is 5.32 Å². The number of carbonyl (C=O) groups is 2. The van der Waals surface area contributed by atoms with E-state index in [1.165, 1.54) is 0 Å². The van der Waals surface area contributed by atoms with Crippen molar-refractivity contribution in [2.45, 2.75) is 12.8 Å². The minimum Gasteiger partial charge on any atom is -0.355 e. The van der Waals surface area contributed by atoms with Gasteiger partial charge >= 0.3 is 0 Å². The van der Waals surface area contributed by atoms with Gasteiger partial charge in [-0.3, -0.25) is 9.59 Å². The zero-order chi connectivity index (χ0) is 16.9. The van der Waals surface area contributed by atoms with Gasteiger partial charge in [0.2, 0.25) is 11.8 Å². The molecule has 0 spiro atoms. The molecule has 0 radical (unpaired) electrons. The van der Waals surface area contributed by atoms with E-state index < -0.39 is 0 Å². The molecular formula is C19H19ClN2O2. The van der Waals surface area contributed by atoms with Crippen LogP contribution in [0.1, 0.15) is 12.0 Å². The summed E-state index contributed by atoms with van der Waals surface area (Å²) in [5, 5.41) is 3.63. The molecule has 1 unspecified atom stereocenters. The fourth-order valence-electron chi connectivity index (χ4n) is 2.87. The van der Waals surface area contributed by atoms with Gasteiger partial charge in [-0.25, -0.2) is 0 Å². The van der Waals surface area contributed by atoms with Crippen LogP contribution in [-0.4, -0.2) is 24.9 Å². The number of benzene rings is 2. The molecule has 2 aromatic carbocycles. The van der Waals surface area contributed by atoms with E-state index in [0.29, 0.717) is 18.1 Å². The molecule has 1 atom stereocenters. The first-order valence-corrected chi connectivity index (χ1v) is 8.39. The fourth-order valence-corrected chi connectivity index (χ4v) is 2.99. The maximum absolute atomic E-state index is 12.3. The van der Waals surface area contributed by atoms with Crippen molar-refractivity contribution < 1.29 is 9.59 Å². The third kappa shape index (κ3) is 3.95. The Morgan fingerprint density at radius 2 is 1.83 bits per heavy atom. The highest BCUT2D eigenvalue weighted by molar-refractivity contribution is 6.30. The fraction of sp³-hybridized carbons (Fsp3) is 0.263. The Morgan fingerprint density at radius 1 is 1.12 bits per heavy atom. The van der Waals surface area contributed by atoms with E-state index in [9.17, 15) is 9.59 Å². The average Bonchev–Trinajstić information content (AvgIpc) is 2.99. The summed E-state index contributed by atoms with van der Waals surface area (Å²) in [5.41, 5.74) is 1.96. The van der Waals surface area contributed by atoms with Crippen LogP contribution < -0.4 is 10.2 Å². The molecule has 0 aromatic heterocycles. The number of halogens is 1. The maximum atomic E-state index is 12.3. The van der Waals surface area contributed by atoms with Crippen molar-refractivity contribution in [2.75, 3.05) is 18.0 Å². The van der Waals surface area contributed by atoms with E-state index in [2.05, 4.69) is 5.32 Å². The van der Waals surface area contributed by atoms with Crippen LogP contribution in [0, 0.1) is 5.92 Å². The largest absolute Gasteiger partial charge is 0.355 e. The van der Waals surface area contributed by atoms with Gasteiger partial charge in [0.05, 0.1) is 5.92 Å². The molecule has 4 nitrogen and oxygen atoms in total. The normalized spacial score (nSPS) is 17.1. The average molecular weight is 343 g/mol. The summed E-state index contributed by atoms with van der Waals surface area (Å²) in [6.45, 7) is 0.992. The maximum Gasteiger partial charge on any atom is 0.227 e. The van der Waals surface area contributed by atoms with Crippen LogP contribution in [-0.2, 0) is 16.0 Å². The van der Waals surface area contributed by atoms with Crippen LogP contribution in [0.15, 0.2) is 54.6 Å². The number of hydrogen-bond acceptors (Lipinski definition) is 2. The van der Waals surface area contributed by atoms with Crippen LogP contribution in [0.2, 0.25) is 5.02 Å². The van der Waals surface area contributed by atoms with Crippen molar-refractivity contribution in [1.29, 1.82) is 0 Å². The van der Waals surface area contributed by atoms with Gasteiger partial charge in [0.1, 0.15) is 0 Å². The molecule has 3 rings (SSSR count). The summed E-state index contributed by atoms with van der Waals surface area (Å²) in [6.07, 6.45) is 1.01. The number of nitrogens with one attached hydrogen (secondary N) is 1. The molecule has 0 saturated carbocycles. The smallest absolute Gasteiger partial charge is 0.227 e. The van der Waals surface area contributed by atoms with E-state index >= 15 is 0 Å². The van der Waals surface area contributed by atoms with Gasteiger partial charge in [-0.2, -0.15) is 0 Å². The number of carbonyl (C=O) groups excluding carboxylic acids is 2.